The van der Waals surface area contributed by atoms with E-state index in [0.717, 1.165) is 0 Å². The third-order valence-corrected chi connectivity index (χ3v) is 0.399. The van der Waals surface area contributed by atoms with Gasteiger partial charge in [-0.3, -0.25) is 4.79 Å². The topological polar surface area (TPSA) is 48.6 Å². The molecular formula is C3H5F3O2. The van der Waals surface area contributed by atoms with Crippen LogP contribution in [-0.2, 0) is 4.79 Å². The van der Waals surface area contributed by atoms with E-state index >= 15 is 0 Å². The molecule has 2 N–H and O–H groups in total. The van der Waals surface area contributed by atoms with Gasteiger partial charge in [0.15, 0.2) is 0 Å². The molecule has 0 bridgehead atoms. The zero-order valence-electron chi connectivity index (χ0n) is 4.04. The Balaban J connectivity index is 0. The van der Waals surface area contributed by atoms with Crippen molar-refractivity contribution in [2.75, 3.05) is 0 Å². The molecule has 2 nitrogen and oxygen atoms in total. The smallest absolute Gasteiger partial charge is 0.412 e. The van der Waals surface area contributed by atoms with Gasteiger partial charge in [0, 0.05) is 6.92 Å². The minimum Gasteiger partial charge on any atom is -0.412 e. The van der Waals surface area contributed by atoms with Crippen LogP contribution in [0.1, 0.15) is 6.92 Å². The minimum atomic E-state index is -4.64. The largest absolute Gasteiger partial charge is 0.449 e. The molecule has 8 heavy (non-hydrogen) atoms. The van der Waals surface area contributed by atoms with Crippen molar-refractivity contribution in [2.45, 2.75) is 13.1 Å². The van der Waals surface area contributed by atoms with Crippen LogP contribution in [0.5, 0.6) is 0 Å². The Labute approximate surface area is 43.6 Å². The molecule has 0 atom stereocenters. The maximum atomic E-state index is 10.8. The van der Waals surface area contributed by atoms with Gasteiger partial charge in [0.25, 0.3) is 0 Å². The van der Waals surface area contributed by atoms with E-state index in [-0.39, 0.29) is 5.48 Å². The minimum absolute atomic E-state index is 0. The molecular weight excluding hydrogens is 125 g/mol. The molecule has 0 aromatic rings. The van der Waals surface area contributed by atoms with Crippen LogP contribution in [0.4, 0.5) is 13.2 Å². The maximum absolute atomic E-state index is 10.8. The first-order chi connectivity index (χ1) is 2.94. The number of Topliss-reactive ketones (excluding diaryl/α,β-unsaturated/α-hetero) is 1. The summed E-state index contributed by atoms with van der Waals surface area (Å²) in [6.07, 6.45) is -4.64. The van der Waals surface area contributed by atoms with Crippen molar-refractivity contribution >= 4 is 5.78 Å². The normalized spacial score (nSPS) is 10.0. The fourth-order valence-electron chi connectivity index (χ4n) is 0. The highest BCUT2D eigenvalue weighted by Gasteiger charge is 2.33. The first-order valence-electron chi connectivity index (χ1n) is 1.52. The van der Waals surface area contributed by atoms with Gasteiger partial charge in [0.1, 0.15) is 0 Å². The van der Waals surface area contributed by atoms with Crippen LogP contribution in [0, 0.1) is 0 Å². The van der Waals surface area contributed by atoms with E-state index in [0.29, 0.717) is 6.92 Å². The zero-order chi connectivity index (χ0) is 6.08. The van der Waals surface area contributed by atoms with Crippen LogP contribution in [0.25, 0.3) is 0 Å². The second-order valence-corrected chi connectivity index (χ2v) is 1.05. The van der Waals surface area contributed by atoms with E-state index < -0.39 is 12.0 Å². The molecule has 0 aliphatic carbocycles. The van der Waals surface area contributed by atoms with Gasteiger partial charge in [-0.1, -0.05) is 0 Å². The summed E-state index contributed by atoms with van der Waals surface area (Å²) in [6, 6.07) is 0. The highest BCUT2D eigenvalue weighted by Crippen LogP contribution is 2.14. The van der Waals surface area contributed by atoms with Gasteiger partial charge in [0.05, 0.1) is 0 Å². The monoisotopic (exact) mass is 130 g/mol. The lowest BCUT2D eigenvalue weighted by atomic mass is 10.5. The van der Waals surface area contributed by atoms with Gasteiger partial charge in [-0.05, 0) is 0 Å². The molecule has 0 fully saturated rings. The van der Waals surface area contributed by atoms with Crippen molar-refractivity contribution in [1.29, 1.82) is 0 Å². The quantitative estimate of drug-likeness (QED) is 0.465. The van der Waals surface area contributed by atoms with E-state index in [1.807, 2.05) is 0 Å². The number of hydrogen-bond donors (Lipinski definition) is 0. The number of ketones is 1. The average molecular weight is 130 g/mol. The Kier molecular flexibility index (Phi) is 3.46. The van der Waals surface area contributed by atoms with E-state index in [4.69, 9.17) is 0 Å². The van der Waals surface area contributed by atoms with Gasteiger partial charge < -0.3 is 5.48 Å². The SMILES string of the molecule is CC(=O)C(F)(F)F.O. The van der Waals surface area contributed by atoms with Crippen molar-refractivity contribution in [3.8, 4) is 0 Å². The van der Waals surface area contributed by atoms with Crippen molar-refractivity contribution in [2.24, 2.45) is 0 Å². The van der Waals surface area contributed by atoms with Gasteiger partial charge in [-0.15, -0.1) is 0 Å². The standard InChI is InChI=1S/C3H3F3O.H2O/c1-2(7)3(4,5)6;/h1H3;1H2. The number of halogens is 3. The van der Waals surface area contributed by atoms with Crippen LogP contribution in [0.3, 0.4) is 0 Å². The Hall–Kier alpha value is -0.580. The van der Waals surface area contributed by atoms with Gasteiger partial charge in [-0.25, -0.2) is 0 Å². The zero-order valence-corrected chi connectivity index (χ0v) is 4.04. The summed E-state index contributed by atoms with van der Waals surface area (Å²) in [5.41, 5.74) is 0. The molecule has 50 valence electrons. The molecule has 0 aromatic carbocycles. The maximum Gasteiger partial charge on any atom is 0.449 e. The van der Waals surface area contributed by atoms with E-state index in [1.165, 1.54) is 0 Å². The van der Waals surface area contributed by atoms with Crippen LogP contribution < -0.4 is 0 Å². The van der Waals surface area contributed by atoms with Crippen molar-refractivity contribution < 1.29 is 23.4 Å². The summed E-state index contributed by atoms with van der Waals surface area (Å²) in [5, 5.41) is 0. The summed E-state index contributed by atoms with van der Waals surface area (Å²) in [7, 11) is 0. The lowest BCUT2D eigenvalue weighted by Crippen LogP contribution is -2.18. The van der Waals surface area contributed by atoms with E-state index in [9.17, 15) is 18.0 Å². The van der Waals surface area contributed by atoms with Crippen molar-refractivity contribution in [3.63, 3.8) is 0 Å². The summed E-state index contributed by atoms with van der Waals surface area (Å²) >= 11 is 0. The highest BCUT2D eigenvalue weighted by atomic mass is 19.4. The number of carbonyl (C=O) groups excluding carboxylic acids is 1. The second kappa shape index (κ2) is 2.66. The fourth-order valence-corrected chi connectivity index (χ4v) is 0. The van der Waals surface area contributed by atoms with Crippen LogP contribution in [0.15, 0.2) is 0 Å². The van der Waals surface area contributed by atoms with E-state index in [1.54, 1.807) is 0 Å². The Morgan fingerprint density at radius 2 is 1.50 bits per heavy atom. The first kappa shape index (κ1) is 10.4. The average Bonchev–Trinajstić information content (AvgIpc) is 1.31. The third kappa shape index (κ3) is 3.60. The predicted octanol–water partition coefficient (Wildman–Crippen LogP) is 0.313. The molecule has 0 amide bonds. The third-order valence-electron chi connectivity index (χ3n) is 0.399. The fraction of sp³-hybridized carbons (Fsp3) is 0.667. The molecule has 0 saturated heterocycles. The molecule has 0 aromatic heterocycles. The summed E-state index contributed by atoms with van der Waals surface area (Å²) in [5.74, 6) is -1.76. The van der Waals surface area contributed by atoms with Gasteiger partial charge >= 0.3 is 6.18 Å². The molecule has 5 heteroatoms. The number of alkyl halides is 3. The Morgan fingerprint density at radius 1 is 1.38 bits per heavy atom. The van der Waals surface area contributed by atoms with Crippen LogP contribution in [0.2, 0.25) is 0 Å². The second-order valence-electron chi connectivity index (χ2n) is 1.05. The molecule has 0 saturated carbocycles. The lowest BCUT2D eigenvalue weighted by Gasteiger charge is -1.95. The Morgan fingerprint density at radius 3 is 1.50 bits per heavy atom. The highest BCUT2D eigenvalue weighted by molar-refractivity contribution is 5.81. The predicted molar refractivity (Wildman–Crippen MR) is 20.3 cm³/mol. The summed E-state index contributed by atoms with van der Waals surface area (Å²) in [6.45, 7) is 0.486. The summed E-state index contributed by atoms with van der Waals surface area (Å²) < 4.78 is 32.5. The van der Waals surface area contributed by atoms with Gasteiger partial charge in [0.2, 0.25) is 5.78 Å². The number of hydrogen-bond acceptors (Lipinski definition) is 1. The summed E-state index contributed by atoms with van der Waals surface area (Å²) in [4.78, 5) is 9.34. The molecule has 0 radical (unpaired) electrons. The molecule has 0 rings (SSSR count). The lowest BCUT2D eigenvalue weighted by molar-refractivity contribution is -0.168. The number of carbonyl (C=O) groups is 1. The van der Waals surface area contributed by atoms with E-state index in [2.05, 4.69) is 0 Å². The van der Waals surface area contributed by atoms with Crippen molar-refractivity contribution in [1.82, 2.24) is 0 Å². The molecule has 0 unspecified atom stereocenters. The molecule has 0 spiro atoms. The molecule has 0 aliphatic rings. The number of rotatable bonds is 0. The van der Waals surface area contributed by atoms with Gasteiger partial charge in [-0.2, -0.15) is 13.2 Å². The van der Waals surface area contributed by atoms with Crippen LogP contribution in [-0.4, -0.2) is 17.4 Å². The molecule has 0 aliphatic heterocycles. The molecule has 0 heterocycles. The van der Waals surface area contributed by atoms with Crippen molar-refractivity contribution in [3.05, 3.63) is 0 Å². The van der Waals surface area contributed by atoms with Crippen LogP contribution >= 0.6 is 0 Å². The Bertz CT molecular complexity index is 85.0. The first-order valence-corrected chi connectivity index (χ1v) is 1.52.